The Kier molecular flexibility index (Phi) is 17.8. The van der Waals surface area contributed by atoms with E-state index < -0.39 is 11.4 Å². The predicted octanol–water partition coefficient (Wildman–Crippen LogP) is 2.29. The summed E-state index contributed by atoms with van der Waals surface area (Å²) in [7, 11) is 0. The molecule has 0 saturated carbocycles. The lowest BCUT2D eigenvalue weighted by Crippen LogP contribution is -2.42. The smallest absolute Gasteiger partial charge is 0.304 e. The van der Waals surface area contributed by atoms with E-state index in [9.17, 15) is 19.2 Å². The lowest BCUT2D eigenvalue weighted by Gasteiger charge is -2.35. The fraction of sp³-hybridized carbons (Fsp3) is 0.677. The van der Waals surface area contributed by atoms with Crippen LogP contribution in [0, 0.1) is 5.41 Å². The molecule has 0 heterocycles. The molecular weight excluding hydrogens is 558 g/mol. The normalized spacial score (nSPS) is 11.9. The molecule has 0 fully saturated rings. The number of ether oxygens (including phenoxy) is 4. The van der Waals surface area contributed by atoms with Crippen LogP contribution in [0.3, 0.4) is 0 Å². The maximum atomic E-state index is 12.4. The number of amides is 2. The van der Waals surface area contributed by atoms with Crippen LogP contribution in [-0.2, 0) is 39.9 Å². The monoisotopic (exact) mass is 609 g/mol. The summed E-state index contributed by atoms with van der Waals surface area (Å²) in [6.07, 6.45) is 0.0686. The number of benzene rings is 1. The molecule has 1 rings (SSSR count). The molecule has 0 unspecified atom stereocenters. The average molecular weight is 610 g/mol. The number of carbonyl (C=O) groups excluding carboxylic acids is 3. The Hall–Kier alpha value is -2.90. The van der Waals surface area contributed by atoms with Gasteiger partial charge in [0, 0.05) is 42.7 Å². The van der Waals surface area contributed by atoms with Crippen LogP contribution >= 0.6 is 0 Å². The van der Waals surface area contributed by atoms with E-state index in [1.54, 1.807) is 12.1 Å². The highest BCUT2D eigenvalue weighted by molar-refractivity contribution is 5.94. The quantitative estimate of drug-likeness (QED) is 0.167. The van der Waals surface area contributed by atoms with Gasteiger partial charge in [0.15, 0.2) is 5.78 Å². The van der Waals surface area contributed by atoms with Gasteiger partial charge in [-0.15, -0.1) is 0 Å². The summed E-state index contributed by atoms with van der Waals surface area (Å²) < 4.78 is 21.4. The first-order valence-electron chi connectivity index (χ1n) is 14.6. The van der Waals surface area contributed by atoms with E-state index >= 15 is 0 Å². The third kappa shape index (κ3) is 18.4. The number of aliphatic carboxylic acids is 1. The van der Waals surface area contributed by atoms with Crippen LogP contribution in [-0.4, -0.2) is 112 Å². The number of nitrogens with one attached hydrogen (secondary N) is 2. The molecule has 0 saturated heterocycles. The Balaban J connectivity index is 2.09. The van der Waals surface area contributed by atoms with Crippen LogP contribution in [0.1, 0.15) is 63.9 Å². The van der Waals surface area contributed by atoms with E-state index in [4.69, 9.17) is 24.1 Å². The van der Waals surface area contributed by atoms with Crippen molar-refractivity contribution < 1.29 is 43.2 Å². The Bertz CT molecular complexity index is 986. The van der Waals surface area contributed by atoms with Crippen molar-refractivity contribution in [2.75, 3.05) is 72.5 Å². The average Bonchev–Trinajstić information content (AvgIpc) is 2.92. The molecular formula is C31H51N3O9. The first-order valence-corrected chi connectivity index (χ1v) is 14.6. The van der Waals surface area contributed by atoms with Crippen LogP contribution in [0.25, 0.3) is 0 Å². The Labute approximate surface area is 255 Å². The van der Waals surface area contributed by atoms with E-state index in [0.717, 1.165) is 5.56 Å². The van der Waals surface area contributed by atoms with Crippen LogP contribution in [0.5, 0.6) is 0 Å². The zero-order valence-electron chi connectivity index (χ0n) is 26.7. The maximum absolute atomic E-state index is 12.4. The van der Waals surface area contributed by atoms with Crippen LogP contribution < -0.4 is 10.6 Å². The highest BCUT2D eigenvalue weighted by Gasteiger charge is 2.22. The number of hydrogen-bond acceptors (Lipinski definition) is 9. The summed E-state index contributed by atoms with van der Waals surface area (Å²) in [5.41, 5.74) is 0.911. The minimum absolute atomic E-state index is 0.0349. The minimum atomic E-state index is -0.829. The first kappa shape index (κ1) is 38.1. The highest BCUT2D eigenvalue weighted by Crippen LogP contribution is 2.18. The summed E-state index contributed by atoms with van der Waals surface area (Å²) in [6, 6.07) is 7.25. The van der Waals surface area contributed by atoms with Gasteiger partial charge in [0.1, 0.15) is 13.2 Å². The molecule has 0 atom stereocenters. The number of carboxylic acids is 1. The van der Waals surface area contributed by atoms with Gasteiger partial charge in [0.2, 0.25) is 5.91 Å². The third-order valence-electron chi connectivity index (χ3n) is 6.28. The fourth-order valence-corrected chi connectivity index (χ4v) is 3.50. The van der Waals surface area contributed by atoms with Crippen molar-refractivity contribution in [3.8, 4) is 0 Å². The van der Waals surface area contributed by atoms with Crippen molar-refractivity contribution in [3.05, 3.63) is 35.4 Å². The van der Waals surface area contributed by atoms with E-state index in [1.807, 2.05) is 53.7 Å². The Morgan fingerprint density at radius 1 is 0.744 bits per heavy atom. The predicted molar refractivity (Wildman–Crippen MR) is 162 cm³/mol. The van der Waals surface area contributed by atoms with E-state index in [0.29, 0.717) is 58.2 Å². The summed E-state index contributed by atoms with van der Waals surface area (Å²) >= 11 is 0. The third-order valence-corrected chi connectivity index (χ3v) is 6.28. The Morgan fingerprint density at radius 3 is 1.81 bits per heavy atom. The second kappa shape index (κ2) is 20.1. The maximum Gasteiger partial charge on any atom is 0.304 e. The molecule has 12 nitrogen and oxygen atoms in total. The van der Waals surface area contributed by atoms with Gasteiger partial charge in [-0.2, -0.15) is 0 Å². The second-order valence-electron chi connectivity index (χ2n) is 12.0. The molecule has 1 aromatic carbocycles. The van der Waals surface area contributed by atoms with Gasteiger partial charge in [-0.1, -0.05) is 32.9 Å². The van der Waals surface area contributed by atoms with Crippen molar-refractivity contribution in [1.82, 2.24) is 15.5 Å². The van der Waals surface area contributed by atoms with Gasteiger partial charge >= 0.3 is 5.97 Å². The van der Waals surface area contributed by atoms with Gasteiger partial charge in [-0.3, -0.25) is 24.1 Å². The number of nitrogens with zero attached hydrogens (tertiary/aromatic N) is 1. The highest BCUT2D eigenvalue weighted by atomic mass is 16.5. The minimum Gasteiger partial charge on any atom is -0.481 e. The molecule has 0 bridgehead atoms. The molecule has 0 aliphatic carbocycles. The van der Waals surface area contributed by atoms with Crippen LogP contribution in [0.15, 0.2) is 24.3 Å². The molecule has 0 aliphatic heterocycles. The summed E-state index contributed by atoms with van der Waals surface area (Å²) in [4.78, 5) is 49.0. The van der Waals surface area contributed by atoms with Gasteiger partial charge in [-0.05, 0) is 38.5 Å². The second-order valence-corrected chi connectivity index (χ2v) is 12.0. The summed E-state index contributed by atoms with van der Waals surface area (Å²) in [5.74, 6) is -1.27. The number of Topliss-reactive ketones (excluding diaryl/α,β-unsaturated/α-hetero) is 1. The number of hydrogen-bond donors (Lipinski definition) is 3. The standard InChI is InChI=1S/C31H51N3O9/c1-30(2,3)26(35)22-42-19-17-40-15-12-32-27(36)23-43-20-18-41-16-13-33-29(39)25-9-7-24(8-10-25)21-34(31(4,5)6)14-11-28(37)38/h7-10H,11-23H2,1-6H3,(H,32,36)(H,33,39)(H,37,38). The molecule has 3 N–H and O–H groups in total. The van der Waals surface area contributed by atoms with Crippen molar-refractivity contribution >= 4 is 23.6 Å². The molecule has 2 amide bonds. The zero-order chi connectivity index (χ0) is 32.3. The molecule has 0 aromatic heterocycles. The van der Waals surface area contributed by atoms with Crippen molar-refractivity contribution in [3.63, 3.8) is 0 Å². The van der Waals surface area contributed by atoms with Crippen molar-refractivity contribution in [2.24, 2.45) is 5.41 Å². The van der Waals surface area contributed by atoms with Crippen LogP contribution in [0.2, 0.25) is 0 Å². The number of carbonyl (C=O) groups is 4. The fourth-order valence-electron chi connectivity index (χ4n) is 3.50. The van der Waals surface area contributed by atoms with Gasteiger partial charge in [0.25, 0.3) is 5.91 Å². The lowest BCUT2D eigenvalue weighted by molar-refractivity contribution is -0.137. The lowest BCUT2D eigenvalue weighted by atomic mass is 9.91. The first-order chi connectivity index (χ1) is 20.2. The molecule has 1 aromatic rings. The topological polar surface area (TPSA) is 153 Å². The molecule has 12 heteroatoms. The summed E-state index contributed by atoms with van der Waals surface area (Å²) in [6.45, 7) is 15.1. The molecule has 244 valence electrons. The summed E-state index contributed by atoms with van der Waals surface area (Å²) in [5, 5.41) is 14.5. The Morgan fingerprint density at radius 2 is 1.28 bits per heavy atom. The molecule has 0 spiro atoms. The van der Waals surface area contributed by atoms with Crippen molar-refractivity contribution in [2.45, 2.75) is 60.0 Å². The van der Waals surface area contributed by atoms with E-state index in [-0.39, 0.29) is 56.0 Å². The van der Waals surface area contributed by atoms with Gasteiger partial charge in [0.05, 0.1) is 46.1 Å². The van der Waals surface area contributed by atoms with Gasteiger partial charge in [-0.25, -0.2) is 0 Å². The van der Waals surface area contributed by atoms with Crippen LogP contribution in [0.4, 0.5) is 0 Å². The van der Waals surface area contributed by atoms with E-state index in [1.165, 1.54) is 0 Å². The molecule has 0 aliphatic rings. The largest absolute Gasteiger partial charge is 0.481 e. The molecule has 43 heavy (non-hydrogen) atoms. The SMILES string of the molecule is CC(C)(C)C(=O)COCCOCCNC(=O)COCCOCCNC(=O)c1ccc(CN(CCC(=O)O)C(C)(C)C)cc1. The van der Waals surface area contributed by atoms with E-state index in [2.05, 4.69) is 15.5 Å². The van der Waals surface area contributed by atoms with Crippen molar-refractivity contribution in [1.29, 1.82) is 0 Å². The number of ketones is 1. The number of carboxylic acid groups (broad SMARTS) is 1. The molecule has 0 radical (unpaired) electrons. The van der Waals surface area contributed by atoms with Gasteiger partial charge < -0.3 is 34.7 Å². The zero-order valence-corrected chi connectivity index (χ0v) is 26.7. The number of rotatable bonds is 22.